The molecule has 0 N–H and O–H groups in total. The fourth-order valence-electron chi connectivity index (χ4n) is 4.11. The summed E-state index contributed by atoms with van der Waals surface area (Å²) < 4.78 is 11.0. The molecule has 0 radical (unpaired) electrons. The number of hydrogen-bond donors (Lipinski definition) is 0. The molecule has 1 unspecified atom stereocenters. The van der Waals surface area contributed by atoms with Gasteiger partial charge in [-0.25, -0.2) is 9.59 Å². The van der Waals surface area contributed by atoms with Gasteiger partial charge in [0.1, 0.15) is 6.10 Å². The minimum atomic E-state index is -0.326. The minimum absolute atomic E-state index is 0.0441. The van der Waals surface area contributed by atoms with Crippen LogP contribution in [0, 0.1) is 0 Å². The van der Waals surface area contributed by atoms with Gasteiger partial charge < -0.3 is 9.47 Å². The van der Waals surface area contributed by atoms with Gasteiger partial charge in [0.2, 0.25) is 0 Å². The average molecular weight is 475 g/mol. The molecule has 0 aliphatic rings. The van der Waals surface area contributed by atoms with Crippen LogP contribution >= 0.6 is 0 Å². The van der Waals surface area contributed by atoms with Gasteiger partial charge in [0.05, 0.1) is 17.7 Å². The summed E-state index contributed by atoms with van der Waals surface area (Å²) in [5.74, 6) is -0.650. The summed E-state index contributed by atoms with van der Waals surface area (Å²) in [6.45, 7) is 6.88. The van der Waals surface area contributed by atoms with Gasteiger partial charge in [-0.2, -0.15) is 0 Å². The summed E-state index contributed by atoms with van der Waals surface area (Å²) in [6, 6.07) is 6.60. The Kier molecular flexibility index (Phi) is 18.2. The number of unbranched alkanes of at least 4 members (excludes halogenated alkanes) is 13. The molecule has 194 valence electrons. The van der Waals surface area contributed by atoms with Crippen molar-refractivity contribution in [2.24, 2.45) is 0 Å². The van der Waals surface area contributed by atoms with E-state index in [1.807, 2.05) is 6.92 Å². The van der Waals surface area contributed by atoms with Crippen LogP contribution in [0.25, 0.3) is 0 Å². The van der Waals surface area contributed by atoms with E-state index < -0.39 is 0 Å². The van der Waals surface area contributed by atoms with Crippen molar-refractivity contribution < 1.29 is 19.1 Å². The van der Waals surface area contributed by atoms with Crippen LogP contribution in [0.15, 0.2) is 24.3 Å². The lowest BCUT2D eigenvalue weighted by Gasteiger charge is -2.15. The second kappa shape index (κ2) is 20.5. The first-order valence-electron chi connectivity index (χ1n) is 14.1. The quantitative estimate of drug-likeness (QED) is 0.132. The Balaban J connectivity index is 2.11. The van der Waals surface area contributed by atoms with Gasteiger partial charge in [0, 0.05) is 0 Å². The topological polar surface area (TPSA) is 52.6 Å². The number of rotatable bonds is 21. The molecule has 0 bridgehead atoms. The first kappa shape index (κ1) is 30.2. The molecule has 0 saturated carbocycles. The predicted molar refractivity (Wildman–Crippen MR) is 141 cm³/mol. The lowest BCUT2D eigenvalue weighted by atomic mass is 10.0. The van der Waals surface area contributed by atoms with Crippen LogP contribution in [0.2, 0.25) is 0 Å². The van der Waals surface area contributed by atoms with Crippen molar-refractivity contribution in [1.82, 2.24) is 0 Å². The van der Waals surface area contributed by atoms with E-state index >= 15 is 0 Å². The molecule has 1 aromatic rings. The van der Waals surface area contributed by atoms with Crippen molar-refractivity contribution >= 4 is 11.9 Å². The van der Waals surface area contributed by atoms with Crippen LogP contribution in [0.4, 0.5) is 0 Å². The molecular weight excluding hydrogens is 424 g/mol. The van der Waals surface area contributed by atoms with Gasteiger partial charge in [-0.1, -0.05) is 111 Å². The van der Waals surface area contributed by atoms with Gasteiger partial charge in [0.25, 0.3) is 0 Å². The number of ether oxygens (including phenoxy) is 2. The maximum absolute atomic E-state index is 12.3. The second-order valence-corrected chi connectivity index (χ2v) is 9.53. The van der Waals surface area contributed by atoms with Gasteiger partial charge in [-0.05, 0) is 43.5 Å². The molecule has 34 heavy (non-hydrogen) atoms. The average Bonchev–Trinajstić information content (AvgIpc) is 2.86. The highest BCUT2D eigenvalue weighted by Gasteiger charge is 2.15. The monoisotopic (exact) mass is 474 g/mol. The molecule has 0 aromatic heterocycles. The van der Waals surface area contributed by atoms with Gasteiger partial charge in [-0.15, -0.1) is 0 Å². The largest absolute Gasteiger partial charge is 0.462 e. The van der Waals surface area contributed by atoms with Gasteiger partial charge >= 0.3 is 11.9 Å². The fraction of sp³-hybridized carbons (Fsp3) is 0.733. The Morgan fingerprint density at radius 3 is 1.53 bits per heavy atom. The predicted octanol–water partition coefficient (Wildman–Crippen LogP) is 9.06. The summed E-state index contributed by atoms with van der Waals surface area (Å²) in [5, 5.41) is 0. The van der Waals surface area contributed by atoms with Gasteiger partial charge in [-0.3, -0.25) is 0 Å². The molecule has 1 aromatic carbocycles. The highest BCUT2D eigenvalue weighted by atomic mass is 16.5. The minimum Gasteiger partial charge on any atom is -0.462 e. The molecule has 0 heterocycles. The lowest BCUT2D eigenvalue weighted by molar-refractivity contribution is 0.0267. The van der Waals surface area contributed by atoms with Crippen LogP contribution in [-0.4, -0.2) is 24.6 Å². The Morgan fingerprint density at radius 1 is 0.618 bits per heavy atom. The van der Waals surface area contributed by atoms with Crippen LogP contribution in [0.5, 0.6) is 0 Å². The number of hydrogen-bond acceptors (Lipinski definition) is 4. The zero-order valence-electron chi connectivity index (χ0n) is 22.2. The second-order valence-electron chi connectivity index (χ2n) is 9.53. The Bertz CT molecular complexity index is 638. The highest BCUT2D eigenvalue weighted by Crippen LogP contribution is 2.15. The van der Waals surface area contributed by atoms with E-state index in [1.165, 1.54) is 70.6 Å². The van der Waals surface area contributed by atoms with E-state index in [0.29, 0.717) is 17.7 Å². The van der Waals surface area contributed by atoms with Gasteiger partial charge in [0.15, 0.2) is 0 Å². The van der Waals surface area contributed by atoms with Crippen molar-refractivity contribution in [3.63, 3.8) is 0 Å². The van der Waals surface area contributed by atoms with E-state index in [-0.39, 0.29) is 18.0 Å². The van der Waals surface area contributed by atoms with E-state index in [9.17, 15) is 9.59 Å². The van der Waals surface area contributed by atoms with Crippen LogP contribution in [0.1, 0.15) is 151 Å². The molecule has 0 spiro atoms. The zero-order valence-corrected chi connectivity index (χ0v) is 22.2. The van der Waals surface area contributed by atoms with Crippen molar-refractivity contribution in [2.75, 3.05) is 6.61 Å². The summed E-state index contributed by atoms with van der Waals surface area (Å²) in [7, 11) is 0. The van der Waals surface area contributed by atoms with Crippen molar-refractivity contribution in [3.05, 3.63) is 35.4 Å². The van der Waals surface area contributed by atoms with Crippen LogP contribution in [-0.2, 0) is 9.47 Å². The Labute approximate surface area is 209 Å². The van der Waals surface area contributed by atoms with Crippen molar-refractivity contribution in [1.29, 1.82) is 0 Å². The maximum Gasteiger partial charge on any atom is 0.338 e. The third kappa shape index (κ3) is 14.4. The Hall–Kier alpha value is -1.84. The summed E-state index contributed by atoms with van der Waals surface area (Å²) >= 11 is 0. The maximum atomic E-state index is 12.3. The first-order chi connectivity index (χ1) is 16.6. The molecule has 0 fully saturated rings. The molecule has 0 aliphatic heterocycles. The van der Waals surface area contributed by atoms with E-state index in [4.69, 9.17) is 9.47 Å². The highest BCUT2D eigenvalue weighted by molar-refractivity contribution is 5.93. The zero-order chi connectivity index (χ0) is 24.9. The normalized spacial score (nSPS) is 11.9. The molecule has 4 heteroatoms. The Morgan fingerprint density at radius 2 is 1.06 bits per heavy atom. The molecule has 1 rings (SSSR count). The fourth-order valence-corrected chi connectivity index (χ4v) is 4.11. The smallest absolute Gasteiger partial charge is 0.338 e. The number of carbonyl (C=O) groups excluding carboxylic acids is 2. The molecule has 4 nitrogen and oxygen atoms in total. The van der Waals surface area contributed by atoms with E-state index in [0.717, 1.165) is 38.5 Å². The summed E-state index contributed by atoms with van der Waals surface area (Å²) in [4.78, 5) is 24.6. The molecular formula is C30H50O4. The number of carbonyl (C=O) groups is 2. The molecule has 1 atom stereocenters. The number of benzene rings is 1. The molecule has 0 amide bonds. The summed E-state index contributed by atoms with van der Waals surface area (Å²) in [6.07, 6.45) is 20.6. The summed E-state index contributed by atoms with van der Waals surface area (Å²) in [5.41, 5.74) is 0.951. The first-order valence-corrected chi connectivity index (χ1v) is 14.1. The van der Waals surface area contributed by atoms with Crippen LogP contribution in [0.3, 0.4) is 0 Å². The van der Waals surface area contributed by atoms with Crippen molar-refractivity contribution in [3.8, 4) is 0 Å². The molecule has 0 aliphatic carbocycles. The SMILES string of the molecule is CCCCCCCCCCCCCCCOC(=O)c1ccc(C(=O)OC(CC)CCCC)cc1. The third-order valence-corrected chi connectivity index (χ3v) is 6.45. The van der Waals surface area contributed by atoms with Crippen LogP contribution < -0.4 is 0 Å². The van der Waals surface area contributed by atoms with Crippen molar-refractivity contribution in [2.45, 2.75) is 136 Å². The molecule has 0 saturated heterocycles. The van der Waals surface area contributed by atoms with E-state index in [2.05, 4.69) is 13.8 Å². The lowest BCUT2D eigenvalue weighted by Crippen LogP contribution is -2.17. The number of esters is 2. The third-order valence-electron chi connectivity index (χ3n) is 6.45. The standard InChI is InChI=1S/C30H50O4/c1-4-7-9-10-11-12-13-14-15-16-17-18-19-25-33-29(31)26-21-23-27(24-22-26)30(32)34-28(6-3)20-8-5-2/h21-24,28H,4-20,25H2,1-3H3. The van der Waals surface area contributed by atoms with E-state index in [1.54, 1.807) is 24.3 Å².